The molecule has 1 heterocycles. The Labute approximate surface area is 242 Å². The van der Waals surface area contributed by atoms with Crippen molar-refractivity contribution < 1.29 is 26.4 Å². The number of rotatable bonds is 10. The molecular weight excluding hydrogens is 586 g/mol. The molecule has 0 unspecified atom stereocenters. The zero-order chi connectivity index (χ0) is 29.1. The second kappa shape index (κ2) is 10.00. The van der Waals surface area contributed by atoms with Crippen molar-refractivity contribution in [3.63, 3.8) is 0 Å². The number of nitrogens with one attached hydrogen (secondary N) is 1. The number of Topliss-reactive ketones (excluding diaryl/α,β-unsaturated/α-hetero) is 1. The van der Waals surface area contributed by atoms with Crippen molar-refractivity contribution in [2.45, 2.75) is 87.1 Å². The van der Waals surface area contributed by atoms with Gasteiger partial charge in [-0.05, 0) is 69.4 Å². The van der Waals surface area contributed by atoms with Gasteiger partial charge < -0.3 is 5.32 Å². The Hall–Kier alpha value is -2.14. The van der Waals surface area contributed by atoms with Gasteiger partial charge in [-0.3, -0.25) is 9.79 Å². The summed E-state index contributed by atoms with van der Waals surface area (Å²) in [5, 5.41) is 4.06. The number of hydrogen-bond acceptors (Lipinski definition) is 5. The maximum atomic E-state index is 13.9. The summed E-state index contributed by atoms with van der Waals surface area (Å²) in [6.45, 7) is 3.73. The zero-order valence-electron chi connectivity index (χ0n) is 22.1. The first-order valence-corrected chi connectivity index (χ1v) is 15.2. The largest absolute Gasteiger partial charge is 0.389 e. The molecule has 0 saturated heterocycles. The fourth-order valence-corrected chi connectivity index (χ4v) is 8.42. The molecule has 12 heteroatoms. The van der Waals surface area contributed by atoms with Crippen LogP contribution in [-0.2, 0) is 21.4 Å². The molecule has 0 radical (unpaired) electrons. The van der Waals surface area contributed by atoms with Gasteiger partial charge in [0, 0.05) is 30.3 Å². The topological polar surface area (TPSA) is 78.8 Å². The Kier molecular flexibility index (Phi) is 7.34. The third kappa shape index (κ3) is 5.28. The van der Waals surface area contributed by atoms with Gasteiger partial charge in [-0.25, -0.2) is 8.42 Å². The van der Waals surface area contributed by atoms with E-state index in [2.05, 4.69) is 10.3 Å². The molecule has 1 aliphatic heterocycles. The van der Waals surface area contributed by atoms with Gasteiger partial charge in [0.1, 0.15) is 11.9 Å². The molecule has 1 N–H and O–H groups in total. The molecule has 6 rings (SSSR count). The number of halogens is 5. The molecule has 0 spiro atoms. The summed E-state index contributed by atoms with van der Waals surface area (Å²) < 4.78 is 67.0. The van der Waals surface area contributed by atoms with Crippen LogP contribution in [0.5, 0.6) is 0 Å². The molecule has 3 aliphatic carbocycles. The van der Waals surface area contributed by atoms with Gasteiger partial charge in [-0.15, -0.1) is 0 Å². The van der Waals surface area contributed by atoms with Gasteiger partial charge in [0.25, 0.3) is 0 Å². The number of amidine groups is 1. The molecular formula is C28H30Cl2F3N3O3S. The number of alkyl halides is 3. The monoisotopic (exact) mass is 615 g/mol. The van der Waals surface area contributed by atoms with Gasteiger partial charge in [0.2, 0.25) is 10.0 Å². The molecule has 0 amide bonds. The Morgan fingerprint density at radius 2 is 1.73 bits per heavy atom. The fraction of sp³-hybridized carbons (Fsp3) is 0.500. The van der Waals surface area contributed by atoms with Crippen LogP contribution in [0.3, 0.4) is 0 Å². The summed E-state index contributed by atoms with van der Waals surface area (Å²) in [5.41, 5.74) is -1.08. The maximum absolute atomic E-state index is 13.9. The number of benzene rings is 2. The van der Waals surface area contributed by atoms with Crippen LogP contribution in [0.15, 0.2) is 58.4 Å². The van der Waals surface area contributed by atoms with Crippen LogP contribution < -0.4 is 5.32 Å². The molecule has 4 aliphatic rings. The van der Waals surface area contributed by atoms with Crippen LogP contribution in [0.4, 0.5) is 13.2 Å². The van der Waals surface area contributed by atoms with Crippen LogP contribution in [-0.4, -0.2) is 47.6 Å². The van der Waals surface area contributed by atoms with E-state index in [9.17, 15) is 26.4 Å². The summed E-state index contributed by atoms with van der Waals surface area (Å²) in [4.78, 5) is 17.7. The predicted octanol–water partition coefficient (Wildman–Crippen LogP) is 6.56. The van der Waals surface area contributed by atoms with E-state index in [0.29, 0.717) is 40.7 Å². The molecule has 216 valence electrons. The molecule has 2 bridgehead atoms. The summed E-state index contributed by atoms with van der Waals surface area (Å²) in [7, 11) is -3.87. The van der Waals surface area contributed by atoms with E-state index in [-0.39, 0.29) is 30.1 Å². The third-order valence-electron chi connectivity index (χ3n) is 8.25. The third-order valence-corrected chi connectivity index (χ3v) is 10.9. The lowest BCUT2D eigenvalue weighted by Gasteiger charge is -2.73. The quantitative estimate of drug-likeness (QED) is 0.328. The molecule has 3 saturated carbocycles. The van der Waals surface area contributed by atoms with Crippen LogP contribution >= 0.6 is 23.2 Å². The average molecular weight is 617 g/mol. The van der Waals surface area contributed by atoms with Gasteiger partial charge >= 0.3 is 6.18 Å². The van der Waals surface area contributed by atoms with E-state index in [1.165, 1.54) is 4.31 Å². The highest BCUT2D eigenvalue weighted by Crippen LogP contribution is 2.71. The van der Waals surface area contributed by atoms with Crippen LogP contribution in [0.2, 0.25) is 10.0 Å². The smallest absolute Gasteiger partial charge is 0.366 e. The van der Waals surface area contributed by atoms with Crippen molar-refractivity contribution in [1.82, 2.24) is 9.62 Å². The number of carbonyl (C=O) groups is 1. The van der Waals surface area contributed by atoms with Crippen LogP contribution in [0.1, 0.15) is 57.9 Å². The number of aliphatic imine (C=N–C) groups is 1. The summed E-state index contributed by atoms with van der Waals surface area (Å²) in [6.07, 6.45) is -4.22. The molecule has 6 nitrogen and oxygen atoms in total. The minimum atomic E-state index is -4.30. The SMILES string of the molecule is CC1(C)NC(C23CC(N(Cc4ccc(Cl)c(Cl)c4)S(=O)(=O)c4ccccc4)(C2)C3)=N[C@H]1C(=O)CCCC(F)(F)F. The van der Waals surface area contributed by atoms with Crippen molar-refractivity contribution in [2.75, 3.05) is 0 Å². The van der Waals surface area contributed by atoms with Gasteiger partial charge in [-0.1, -0.05) is 47.5 Å². The van der Waals surface area contributed by atoms with E-state index in [0.717, 1.165) is 0 Å². The Balaban J connectivity index is 1.36. The lowest BCUT2D eigenvalue weighted by atomic mass is 9.38. The number of ketones is 1. The highest BCUT2D eigenvalue weighted by atomic mass is 35.5. The van der Waals surface area contributed by atoms with Gasteiger partial charge in [0.05, 0.1) is 20.5 Å². The second-order valence-corrected chi connectivity index (χ2v) is 14.4. The predicted molar refractivity (Wildman–Crippen MR) is 148 cm³/mol. The van der Waals surface area contributed by atoms with Gasteiger partial charge in [-0.2, -0.15) is 17.5 Å². The maximum Gasteiger partial charge on any atom is 0.389 e. The number of hydrogen-bond donors (Lipinski definition) is 1. The lowest BCUT2D eigenvalue weighted by molar-refractivity contribution is -0.151. The molecule has 2 aromatic carbocycles. The highest BCUT2D eigenvalue weighted by molar-refractivity contribution is 7.89. The fourth-order valence-electron chi connectivity index (χ4n) is 6.32. The minimum Gasteiger partial charge on any atom is -0.366 e. The summed E-state index contributed by atoms with van der Waals surface area (Å²) in [6, 6.07) is 12.5. The molecule has 1 atom stereocenters. The zero-order valence-corrected chi connectivity index (χ0v) is 24.4. The highest BCUT2D eigenvalue weighted by Gasteiger charge is 2.75. The Morgan fingerprint density at radius 3 is 2.33 bits per heavy atom. The van der Waals surface area contributed by atoms with E-state index in [1.807, 2.05) is 13.8 Å². The van der Waals surface area contributed by atoms with Crippen molar-refractivity contribution >= 4 is 44.8 Å². The Bertz CT molecular complexity index is 1440. The van der Waals surface area contributed by atoms with E-state index in [1.54, 1.807) is 48.5 Å². The van der Waals surface area contributed by atoms with Crippen molar-refractivity contribution in [3.8, 4) is 0 Å². The first kappa shape index (κ1) is 29.4. The Morgan fingerprint density at radius 1 is 1.07 bits per heavy atom. The van der Waals surface area contributed by atoms with E-state index < -0.39 is 45.2 Å². The van der Waals surface area contributed by atoms with Crippen molar-refractivity contribution in [3.05, 3.63) is 64.1 Å². The molecule has 0 aromatic heterocycles. The minimum absolute atomic E-state index is 0.107. The van der Waals surface area contributed by atoms with E-state index >= 15 is 0 Å². The van der Waals surface area contributed by atoms with Crippen LogP contribution in [0.25, 0.3) is 0 Å². The standard InChI is InChI=1S/C28H30Cl2F3N3O3S/c1-25(2)23(22(37)9-6-12-28(31,32)33)34-24(35-25)26-15-27(16-26,17-26)36(14-18-10-11-20(29)21(30)13-18)40(38,39)19-7-4-3-5-8-19/h3-5,7-8,10-11,13,23H,6,9,12,14-17H2,1-2H3,(H,34,35)/t23-,26?,27?/m0/s1. The number of sulfonamides is 1. The van der Waals surface area contributed by atoms with Crippen molar-refractivity contribution in [2.24, 2.45) is 10.4 Å². The molecule has 3 fully saturated rings. The second-order valence-electron chi connectivity index (χ2n) is 11.8. The normalized spacial score (nSPS) is 27.0. The number of nitrogens with zero attached hydrogens (tertiary/aromatic N) is 2. The van der Waals surface area contributed by atoms with E-state index in [4.69, 9.17) is 23.2 Å². The lowest BCUT2D eigenvalue weighted by Crippen LogP contribution is -2.78. The first-order chi connectivity index (χ1) is 18.6. The molecule has 2 aromatic rings. The molecule has 40 heavy (non-hydrogen) atoms. The van der Waals surface area contributed by atoms with Gasteiger partial charge in [0.15, 0.2) is 5.78 Å². The average Bonchev–Trinajstić information content (AvgIpc) is 3.13. The van der Waals surface area contributed by atoms with Crippen LogP contribution in [0, 0.1) is 5.41 Å². The summed E-state index contributed by atoms with van der Waals surface area (Å²) in [5.74, 6) is 0.311. The van der Waals surface area contributed by atoms with Crippen molar-refractivity contribution in [1.29, 1.82) is 0 Å². The first-order valence-electron chi connectivity index (χ1n) is 13.0. The summed E-state index contributed by atoms with van der Waals surface area (Å²) >= 11 is 12.3. The number of carbonyl (C=O) groups excluding carboxylic acids is 1.